The van der Waals surface area contributed by atoms with Gasteiger partial charge in [0.25, 0.3) is 5.69 Å². The zero-order valence-electron chi connectivity index (χ0n) is 9.21. The first kappa shape index (κ1) is 12.3. The van der Waals surface area contributed by atoms with Gasteiger partial charge < -0.3 is 5.32 Å². The molecule has 1 aromatic heterocycles. The second-order valence-electron chi connectivity index (χ2n) is 3.47. The minimum atomic E-state index is -0.481. The van der Waals surface area contributed by atoms with Gasteiger partial charge in [-0.05, 0) is 12.1 Å². The van der Waals surface area contributed by atoms with Crippen molar-refractivity contribution in [2.75, 3.05) is 5.32 Å². The summed E-state index contributed by atoms with van der Waals surface area (Å²) in [5.41, 5.74) is 1.03. The van der Waals surface area contributed by atoms with Gasteiger partial charge in [-0.15, -0.1) is 0 Å². The summed E-state index contributed by atoms with van der Waals surface area (Å²) in [5.74, 6) is 0. The number of anilines is 1. The van der Waals surface area contributed by atoms with E-state index in [0.717, 1.165) is 0 Å². The van der Waals surface area contributed by atoms with E-state index in [9.17, 15) is 10.1 Å². The van der Waals surface area contributed by atoms with Crippen molar-refractivity contribution in [3.05, 3.63) is 57.6 Å². The van der Waals surface area contributed by atoms with Crippen LogP contribution in [-0.2, 0) is 6.54 Å². The molecule has 0 saturated carbocycles. The lowest BCUT2D eigenvalue weighted by Crippen LogP contribution is -2.04. The van der Waals surface area contributed by atoms with Crippen molar-refractivity contribution in [1.29, 1.82) is 0 Å². The Hall–Kier alpha value is -2.21. The van der Waals surface area contributed by atoms with Crippen LogP contribution in [0.1, 0.15) is 5.69 Å². The molecule has 18 heavy (non-hydrogen) atoms. The van der Waals surface area contributed by atoms with Crippen molar-refractivity contribution in [3.8, 4) is 0 Å². The number of halogens is 1. The van der Waals surface area contributed by atoms with Crippen LogP contribution in [0.4, 0.5) is 11.4 Å². The van der Waals surface area contributed by atoms with Crippen LogP contribution in [0, 0.1) is 10.1 Å². The molecule has 7 heteroatoms. The van der Waals surface area contributed by atoms with Gasteiger partial charge in [0.05, 0.1) is 23.4 Å². The molecule has 0 saturated heterocycles. The monoisotopic (exact) mass is 264 g/mol. The van der Waals surface area contributed by atoms with Gasteiger partial charge in [0.2, 0.25) is 0 Å². The Labute approximate surface area is 108 Å². The van der Waals surface area contributed by atoms with E-state index < -0.39 is 4.92 Å². The molecule has 6 nitrogen and oxygen atoms in total. The fourth-order valence-electron chi connectivity index (χ4n) is 1.41. The van der Waals surface area contributed by atoms with E-state index in [4.69, 9.17) is 11.6 Å². The van der Waals surface area contributed by atoms with Gasteiger partial charge in [0.1, 0.15) is 5.69 Å². The third-order valence-corrected chi connectivity index (χ3v) is 2.47. The van der Waals surface area contributed by atoms with Crippen molar-refractivity contribution in [3.63, 3.8) is 0 Å². The highest BCUT2D eigenvalue weighted by Gasteiger charge is 2.13. The van der Waals surface area contributed by atoms with E-state index in [2.05, 4.69) is 15.3 Å². The Morgan fingerprint density at radius 2 is 2.22 bits per heavy atom. The highest BCUT2D eigenvalue weighted by molar-refractivity contribution is 6.30. The fourth-order valence-corrected chi connectivity index (χ4v) is 1.58. The quantitative estimate of drug-likeness (QED) is 0.678. The van der Waals surface area contributed by atoms with Crippen LogP contribution in [0.3, 0.4) is 0 Å². The first-order valence-electron chi connectivity index (χ1n) is 5.09. The fraction of sp³-hybridized carbons (Fsp3) is 0.0909. The van der Waals surface area contributed by atoms with Crippen LogP contribution in [0.15, 0.2) is 36.8 Å². The SMILES string of the molecule is O=[N+]([O-])c1cc(Cl)ccc1NCc1cnccn1. The maximum Gasteiger partial charge on any atom is 0.293 e. The first-order valence-corrected chi connectivity index (χ1v) is 5.47. The number of hydrogen-bond donors (Lipinski definition) is 1. The maximum atomic E-state index is 10.9. The maximum absolute atomic E-state index is 10.9. The predicted octanol–water partition coefficient (Wildman–Crippen LogP) is 2.65. The highest BCUT2D eigenvalue weighted by atomic mass is 35.5. The lowest BCUT2D eigenvalue weighted by molar-refractivity contribution is -0.383. The Kier molecular flexibility index (Phi) is 3.69. The molecule has 0 unspecified atom stereocenters. The average molecular weight is 265 g/mol. The molecule has 0 radical (unpaired) electrons. The van der Waals surface area contributed by atoms with Gasteiger partial charge in [0.15, 0.2) is 0 Å². The number of nitro benzene ring substituents is 1. The molecule has 0 fully saturated rings. The van der Waals surface area contributed by atoms with Crippen molar-refractivity contribution in [1.82, 2.24) is 9.97 Å². The van der Waals surface area contributed by atoms with Crippen LogP contribution in [0.5, 0.6) is 0 Å². The molecule has 1 N–H and O–H groups in total. The minimum Gasteiger partial charge on any atom is -0.374 e. The van der Waals surface area contributed by atoms with Crippen molar-refractivity contribution in [2.45, 2.75) is 6.54 Å². The number of benzene rings is 1. The van der Waals surface area contributed by atoms with Crippen molar-refractivity contribution < 1.29 is 4.92 Å². The normalized spacial score (nSPS) is 10.1. The Morgan fingerprint density at radius 1 is 1.39 bits per heavy atom. The molecule has 0 spiro atoms. The molecule has 2 rings (SSSR count). The zero-order chi connectivity index (χ0) is 13.0. The van der Waals surface area contributed by atoms with Gasteiger partial charge in [-0.1, -0.05) is 11.6 Å². The average Bonchev–Trinajstić information content (AvgIpc) is 2.38. The smallest absolute Gasteiger partial charge is 0.293 e. The molecule has 2 aromatic rings. The van der Waals surface area contributed by atoms with Crippen molar-refractivity contribution in [2.24, 2.45) is 0 Å². The first-order chi connectivity index (χ1) is 8.66. The summed E-state index contributed by atoms with van der Waals surface area (Å²) < 4.78 is 0. The molecule has 0 aliphatic rings. The van der Waals surface area contributed by atoms with Crippen LogP contribution in [0.2, 0.25) is 5.02 Å². The Balaban J connectivity index is 2.17. The zero-order valence-corrected chi connectivity index (χ0v) is 9.96. The Morgan fingerprint density at radius 3 is 2.89 bits per heavy atom. The molecule has 1 aromatic carbocycles. The summed E-state index contributed by atoms with van der Waals surface area (Å²) >= 11 is 5.72. The van der Waals surface area contributed by atoms with Crippen molar-refractivity contribution >= 4 is 23.0 Å². The molecule has 0 amide bonds. The molecule has 1 heterocycles. The molecule has 0 atom stereocenters. The number of rotatable bonds is 4. The molecular weight excluding hydrogens is 256 g/mol. The standard InChI is InChI=1S/C11H9ClN4O2/c12-8-1-2-10(11(5-8)16(17)18)15-7-9-6-13-3-4-14-9/h1-6,15H,7H2. The summed E-state index contributed by atoms with van der Waals surface area (Å²) in [7, 11) is 0. The van der Waals surface area contributed by atoms with Crippen LogP contribution < -0.4 is 5.32 Å². The summed E-state index contributed by atoms with van der Waals surface area (Å²) in [6.45, 7) is 0.357. The Bertz CT molecular complexity index is 562. The largest absolute Gasteiger partial charge is 0.374 e. The van der Waals surface area contributed by atoms with E-state index in [1.54, 1.807) is 30.7 Å². The number of nitrogens with zero attached hydrogens (tertiary/aromatic N) is 3. The number of nitrogens with one attached hydrogen (secondary N) is 1. The summed E-state index contributed by atoms with van der Waals surface area (Å²) in [5, 5.41) is 14.1. The molecule has 0 aliphatic heterocycles. The van der Waals surface area contributed by atoms with E-state index >= 15 is 0 Å². The van der Waals surface area contributed by atoms with Gasteiger partial charge in [-0.2, -0.15) is 0 Å². The topological polar surface area (TPSA) is 81.0 Å². The third-order valence-electron chi connectivity index (χ3n) is 2.23. The molecular formula is C11H9ClN4O2. The lowest BCUT2D eigenvalue weighted by Gasteiger charge is -2.06. The summed E-state index contributed by atoms with van der Waals surface area (Å²) in [4.78, 5) is 18.4. The second-order valence-corrected chi connectivity index (χ2v) is 3.91. The van der Waals surface area contributed by atoms with E-state index in [1.165, 1.54) is 6.07 Å². The predicted molar refractivity (Wildman–Crippen MR) is 67.5 cm³/mol. The van der Waals surface area contributed by atoms with E-state index in [1.807, 2.05) is 0 Å². The van der Waals surface area contributed by atoms with Gasteiger partial charge in [0, 0.05) is 23.5 Å². The molecule has 0 bridgehead atoms. The molecule has 0 aliphatic carbocycles. The van der Waals surface area contributed by atoms with Crippen LogP contribution >= 0.6 is 11.6 Å². The minimum absolute atomic E-state index is 0.0635. The highest BCUT2D eigenvalue weighted by Crippen LogP contribution is 2.27. The summed E-state index contributed by atoms with van der Waals surface area (Å²) in [6.07, 6.45) is 4.72. The van der Waals surface area contributed by atoms with Gasteiger partial charge in [-0.25, -0.2) is 0 Å². The van der Waals surface area contributed by atoms with Crippen LogP contribution in [0.25, 0.3) is 0 Å². The lowest BCUT2D eigenvalue weighted by atomic mass is 10.2. The number of aromatic nitrogens is 2. The third kappa shape index (κ3) is 2.92. The summed E-state index contributed by atoms with van der Waals surface area (Å²) in [6, 6.07) is 4.46. The number of nitro groups is 1. The molecule has 92 valence electrons. The van der Waals surface area contributed by atoms with Gasteiger partial charge >= 0.3 is 0 Å². The van der Waals surface area contributed by atoms with E-state index in [-0.39, 0.29) is 5.69 Å². The van der Waals surface area contributed by atoms with E-state index in [0.29, 0.717) is 22.9 Å². The van der Waals surface area contributed by atoms with Gasteiger partial charge in [-0.3, -0.25) is 20.1 Å². The van der Waals surface area contributed by atoms with Crippen LogP contribution in [-0.4, -0.2) is 14.9 Å². The second kappa shape index (κ2) is 5.42. The number of hydrogen-bond acceptors (Lipinski definition) is 5.